The van der Waals surface area contributed by atoms with Gasteiger partial charge in [-0.2, -0.15) is 5.10 Å². The van der Waals surface area contributed by atoms with E-state index >= 15 is 0 Å². The van der Waals surface area contributed by atoms with Gasteiger partial charge < -0.3 is 5.32 Å². The van der Waals surface area contributed by atoms with E-state index in [1.165, 1.54) is 32.1 Å². The second-order valence-corrected chi connectivity index (χ2v) is 7.19. The van der Waals surface area contributed by atoms with E-state index in [-0.39, 0.29) is 0 Å². The first kappa shape index (κ1) is 15.6. The van der Waals surface area contributed by atoms with Gasteiger partial charge in [-0.1, -0.05) is 27.2 Å². The summed E-state index contributed by atoms with van der Waals surface area (Å²) in [7, 11) is 0. The van der Waals surface area contributed by atoms with Gasteiger partial charge in [-0.3, -0.25) is 4.68 Å². The Morgan fingerprint density at radius 3 is 2.55 bits per heavy atom. The normalized spacial score (nSPS) is 25.6. The van der Waals surface area contributed by atoms with Gasteiger partial charge in [0.2, 0.25) is 0 Å². The lowest BCUT2D eigenvalue weighted by atomic mass is 9.69. The molecule has 1 aliphatic carbocycles. The van der Waals surface area contributed by atoms with Gasteiger partial charge in [-0.15, -0.1) is 0 Å². The Hall–Kier alpha value is -0.830. The fourth-order valence-corrected chi connectivity index (χ4v) is 3.47. The summed E-state index contributed by atoms with van der Waals surface area (Å²) in [4.78, 5) is 0. The van der Waals surface area contributed by atoms with E-state index in [2.05, 4.69) is 38.1 Å². The van der Waals surface area contributed by atoms with Crippen molar-refractivity contribution in [2.45, 2.75) is 78.4 Å². The van der Waals surface area contributed by atoms with Crippen molar-refractivity contribution in [3.05, 3.63) is 18.5 Å². The van der Waals surface area contributed by atoms with E-state index in [9.17, 15) is 0 Å². The first-order valence-electron chi connectivity index (χ1n) is 8.24. The lowest BCUT2D eigenvalue weighted by molar-refractivity contribution is 0.133. The Bertz CT molecular complexity index is 375. The molecule has 1 unspecified atom stereocenters. The molecule has 0 aromatic carbocycles. The van der Waals surface area contributed by atoms with Crippen LogP contribution in [-0.2, 0) is 6.54 Å². The van der Waals surface area contributed by atoms with Crippen LogP contribution in [0.3, 0.4) is 0 Å². The lowest BCUT2D eigenvalue weighted by Gasteiger charge is -2.39. The van der Waals surface area contributed by atoms with Crippen LogP contribution in [0.2, 0.25) is 0 Å². The number of nitrogens with zero attached hydrogens (tertiary/aromatic N) is 2. The van der Waals surface area contributed by atoms with Gasteiger partial charge in [0.15, 0.2) is 0 Å². The van der Waals surface area contributed by atoms with Crippen LogP contribution in [0.5, 0.6) is 0 Å². The van der Waals surface area contributed by atoms with Crippen molar-refractivity contribution in [3.63, 3.8) is 0 Å². The summed E-state index contributed by atoms with van der Waals surface area (Å²) in [5.41, 5.74) is 0.519. The highest BCUT2D eigenvalue weighted by molar-refractivity contribution is 4.86. The van der Waals surface area contributed by atoms with Gasteiger partial charge in [0.25, 0.3) is 0 Å². The Kier molecular flexibility index (Phi) is 5.25. The van der Waals surface area contributed by atoms with E-state index in [0.29, 0.717) is 17.5 Å². The van der Waals surface area contributed by atoms with E-state index in [0.717, 1.165) is 12.5 Å². The first-order chi connectivity index (χ1) is 9.51. The van der Waals surface area contributed by atoms with Crippen LogP contribution in [0, 0.1) is 11.3 Å². The second-order valence-electron chi connectivity index (χ2n) is 7.19. The third kappa shape index (κ3) is 4.08. The quantitative estimate of drug-likeness (QED) is 0.856. The molecule has 2 rings (SSSR count). The molecule has 1 N–H and O–H groups in total. The molecule has 1 heterocycles. The molecule has 1 fully saturated rings. The summed E-state index contributed by atoms with van der Waals surface area (Å²) in [6, 6.07) is 3.19. The van der Waals surface area contributed by atoms with Gasteiger partial charge in [0.05, 0.1) is 6.54 Å². The molecule has 1 atom stereocenters. The fraction of sp³-hybridized carbons (Fsp3) is 0.824. The molecule has 3 heteroatoms. The highest BCUT2D eigenvalue weighted by Gasteiger charge is 2.31. The largest absolute Gasteiger partial charge is 0.310 e. The molecule has 20 heavy (non-hydrogen) atoms. The van der Waals surface area contributed by atoms with Crippen molar-refractivity contribution >= 4 is 0 Å². The lowest BCUT2D eigenvalue weighted by Crippen LogP contribution is -2.42. The smallest absolute Gasteiger partial charge is 0.0560 e. The Labute approximate surface area is 124 Å². The topological polar surface area (TPSA) is 29.9 Å². The third-order valence-corrected chi connectivity index (χ3v) is 5.28. The number of rotatable bonds is 6. The zero-order valence-electron chi connectivity index (χ0n) is 13.6. The Morgan fingerprint density at radius 1 is 1.30 bits per heavy atom. The summed E-state index contributed by atoms with van der Waals surface area (Å²) in [5.74, 6) is 0.909. The molecular weight excluding hydrogens is 246 g/mol. The standard InChI is InChI=1S/C17H31N3/c1-5-17(3,4)15-7-9-16(10-8-15)19-14(2)13-20-12-6-11-18-20/h6,11-12,14-16,19H,5,7-10,13H2,1-4H3. The maximum Gasteiger partial charge on any atom is 0.0560 e. The molecule has 0 amide bonds. The van der Waals surface area contributed by atoms with Crippen LogP contribution in [0.15, 0.2) is 18.5 Å². The van der Waals surface area contributed by atoms with Gasteiger partial charge >= 0.3 is 0 Å². The van der Waals surface area contributed by atoms with E-state index in [1.807, 2.05) is 23.1 Å². The summed E-state index contributed by atoms with van der Waals surface area (Å²) in [5, 5.41) is 8.07. The number of hydrogen-bond acceptors (Lipinski definition) is 2. The van der Waals surface area contributed by atoms with Crippen LogP contribution in [0.1, 0.15) is 59.8 Å². The van der Waals surface area contributed by atoms with E-state index in [4.69, 9.17) is 0 Å². The van der Waals surface area contributed by atoms with Crippen molar-refractivity contribution in [1.29, 1.82) is 0 Å². The molecule has 3 nitrogen and oxygen atoms in total. The first-order valence-corrected chi connectivity index (χ1v) is 8.24. The molecule has 0 aliphatic heterocycles. The Balaban J connectivity index is 1.74. The molecule has 1 aliphatic rings. The molecule has 1 aromatic heterocycles. The van der Waals surface area contributed by atoms with Crippen molar-refractivity contribution in [2.24, 2.45) is 11.3 Å². The predicted octanol–water partition coefficient (Wildman–Crippen LogP) is 3.86. The molecule has 114 valence electrons. The minimum Gasteiger partial charge on any atom is -0.310 e. The monoisotopic (exact) mass is 277 g/mol. The SMILES string of the molecule is CCC(C)(C)C1CCC(NC(C)Cn2cccn2)CC1. The van der Waals surface area contributed by atoms with Crippen LogP contribution in [-0.4, -0.2) is 21.9 Å². The summed E-state index contributed by atoms with van der Waals surface area (Å²) < 4.78 is 2.02. The van der Waals surface area contributed by atoms with Gasteiger partial charge in [-0.25, -0.2) is 0 Å². The average Bonchev–Trinajstić information content (AvgIpc) is 2.92. The molecule has 1 saturated carbocycles. The highest BCUT2D eigenvalue weighted by atomic mass is 15.3. The van der Waals surface area contributed by atoms with Crippen LogP contribution in [0.25, 0.3) is 0 Å². The van der Waals surface area contributed by atoms with Crippen LogP contribution >= 0.6 is 0 Å². The molecule has 0 saturated heterocycles. The Morgan fingerprint density at radius 2 is 2.00 bits per heavy atom. The summed E-state index contributed by atoms with van der Waals surface area (Å²) in [6.45, 7) is 10.4. The van der Waals surface area contributed by atoms with Crippen molar-refractivity contribution in [3.8, 4) is 0 Å². The van der Waals surface area contributed by atoms with Crippen LogP contribution in [0.4, 0.5) is 0 Å². The summed E-state index contributed by atoms with van der Waals surface area (Å²) in [6.07, 6.45) is 10.6. The number of nitrogens with one attached hydrogen (secondary N) is 1. The predicted molar refractivity (Wildman–Crippen MR) is 84.6 cm³/mol. The van der Waals surface area contributed by atoms with Crippen molar-refractivity contribution < 1.29 is 0 Å². The molecular formula is C17H31N3. The van der Waals surface area contributed by atoms with Crippen LogP contribution < -0.4 is 5.32 Å². The maximum absolute atomic E-state index is 4.28. The second kappa shape index (κ2) is 6.75. The maximum atomic E-state index is 4.28. The summed E-state index contributed by atoms with van der Waals surface area (Å²) >= 11 is 0. The molecule has 0 bridgehead atoms. The number of aromatic nitrogens is 2. The van der Waals surface area contributed by atoms with Gasteiger partial charge in [-0.05, 0) is 50.0 Å². The van der Waals surface area contributed by atoms with E-state index in [1.54, 1.807) is 0 Å². The van der Waals surface area contributed by atoms with Crippen molar-refractivity contribution in [1.82, 2.24) is 15.1 Å². The highest BCUT2D eigenvalue weighted by Crippen LogP contribution is 2.40. The minimum atomic E-state index is 0.496. The average molecular weight is 277 g/mol. The fourth-order valence-electron chi connectivity index (χ4n) is 3.47. The zero-order valence-corrected chi connectivity index (χ0v) is 13.6. The molecule has 0 spiro atoms. The minimum absolute atomic E-state index is 0.496. The molecule has 0 radical (unpaired) electrons. The number of hydrogen-bond donors (Lipinski definition) is 1. The molecule has 1 aromatic rings. The zero-order chi connectivity index (χ0) is 14.6. The van der Waals surface area contributed by atoms with E-state index < -0.39 is 0 Å². The van der Waals surface area contributed by atoms with Crippen molar-refractivity contribution in [2.75, 3.05) is 0 Å². The van der Waals surface area contributed by atoms with Gasteiger partial charge in [0, 0.05) is 24.5 Å². The van der Waals surface area contributed by atoms with Gasteiger partial charge in [0.1, 0.15) is 0 Å². The third-order valence-electron chi connectivity index (χ3n) is 5.28.